The Hall–Kier alpha value is -1.45. The van der Waals surface area contributed by atoms with Crippen molar-refractivity contribution >= 4 is 10.9 Å². The van der Waals surface area contributed by atoms with E-state index in [1.165, 1.54) is 10.9 Å². The van der Waals surface area contributed by atoms with E-state index in [1.54, 1.807) is 0 Å². The number of aryl methyl sites for hydroxylation is 1. The Labute approximate surface area is 121 Å². The average molecular weight is 272 g/mol. The predicted molar refractivity (Wildman–Crippen MR) is 83.7 cm³/mol. The topological polar surface area (TPSA) is 36.4 Å². The van der Waals surface area contributed by atoms with E-state index < -0.39 is 0 Å². The van der Waals surface area contributed by atoms with Gasteiger partial charge in [0.2, 0.25) is 0 Å². The molecule has 0 radical (unpaired) electrons. The van der Waals surface area contributed by atoms with Crippen LogP contribution in [0.15, 0.2) is 30.3 Å². The number of aliphatic hydroxyl groups excluding tert-OH is 1. The molecule has 0 fully saturated rings. The third kappa shape index (κ3) is 3.78. The van der Waals surface area contributed by atoms with E-state index in [1.807, 2.05) is 19.9 Å². The minimum absolute atomic E-state index is 0.304. The second-order valence-corrected chi connectivity index (χ2v) is 5.85. The first-order valence-corrected chi connectivity index (χ1v) is 7.24. The highest BCUT2D eigenvalue weighted by atomic mass is 16.3. The molecular formula is C17H24N2O. The molecule has 108 valence electrons. The van der Waals surface area contributed by atoms with E-state index in [0.717, 1.165) is 17.8 Å². The fourth-order valence-corrected chi connectivity index (χ4v) is 2.41. The summed E-state index contributed by atoms with van der Waals surface area (Å²) in [5, 5.41) is 10.8. The molecule has 0 aliphatic carbocycles. The molecule has 2 aromatic rings. The Morgan fingerprint density at radius 1 is 1.15 bits per heavy atom. The molecule has 1 N–H and O–H groups in total. The molecule has 1 atom stereocenters. The summed E-state index contributed by atoms with van der Waals surface area (Å²) in [6.07, 6.45) is -0.304. The van der Waals surface area contributed by atoms with Gasteiger partial charge in [0.1, 0.15) is 0 Å². The van der Waals surface area contributed by atoms with Gasteiger partial charge in [-0.05, 0) is 51.5 Å². The monoisotopic (exact) mass is 272 g/mol. The fraction of sp³-hybridized carbons (Fsp3) is 0.471. The molecule has 0 aliphatic heterocycles. The maximum atomic E-state index is 9.60. The van der Waals surface area contributed by atoms with Crippen LogP contribution in [0.1, 0.15) is 32.0 Å². The highest BCUT2D eigenvalue weighted by molar-refractivity contribution is 5.79. The first-order valence-electron chi connectivity index (χ1n) is 7.24. The van der Waals surface area contributed by atoms with Crippen LogP contribution in [0.2, 0.25) is 0 Å². The van der Waals surface area contributed by atoms with Crippen molar-refractivity contribution in [2.45, 2.75) is 46.4 Å². The van der Waals surface area contributed by atoms with Crippen molar-refractivity contribution in [2.75, 3.05) is 6.54 Å². The zero-order chi connectivity index (χ0) is 14.7. The zero-order valence-corrected chi connectivity index (χ0v) is 12.8. The van der Waals surface area contributed by atoms with Crippen LogP contribution in [0, 0.1) is 6.92 Å². The van der Waals surface area contributed by atoms with Crippen molar-refractivity contribution in [2.24, 2.45) is 0 Å². The van der Waals surface area contributed by atoms with Crippen LogP contribution in [0.3, 0.4) is 0 Å². The number of rotatable bonds is 5. The maximum absolute atomic E-state index is 9.60. The van der Waals surface area contributed by atoms with E-state index in [-0.39, 0.29) is 6.10 Å². The van der Waals surface area contributed by atoms with Gasteiger partial charge in [0.25, 0.3) is 0 Å². The summed E-state index contributed by atoms with van der Waals surface area (Å²) in [6, 6.07) is 11.0. The minimum Gasteiger partial charge on any atom is -0.392 e. The molecule has 3 heteroatoms. The Morgan fingerprint density at radius 3 is 2.55 bits per heavy atom. The van der Waals surface area contributed by atoms with Crippen molar-refractivity contribution in [1.29, 1.82) is 0 Å². The number of nitrogens with zero attached hydrogens (tertiary/aromatic N) is 2. The van der Waals surface area contributed by atoms with Gasteiger partial charge in [-0.1, -0.05) is 12.1 Å². The summed E-state index contributed by atoms with van der Waals surface area (Å²) in [5.41, 5.74) is 3.35. The average Bonchev–Trinajstić information content (AvgIpc) is 2.37. The molecule has 2 rings (SSSR count). The van der Waals surface area contributed by atoms with Gasteiger partial charge >= 0.3 is 0 Å². The van der Waals surface area contributed by atoms with Gasteiger partial charge in [-0.15, -0.1) is 0 Å². The molecule has 0 saturated heterocycles. The van der Waals surface area contributed by atoms with Crippen LogP contribution >= 0.6 is 0 Å². The summed E-state index contributed by atoms with van der Waals surface area (Å²) in [6.45, 7) is 9.72. The van der Waals surface area contributed by atoms with E-state index in [9.17, 15) is 5.11 Å². The normalized spacial score (nSPS) is 13.3. The third-order valence-electron chi connectivity index (χ3n) is 3.51. The van der Waals surface area contributed by atoms with Crippen molar-refractivity contribution in [3.63, 3.8) is 0 Å². The molecule has 1 heterocycles. The van der Waals surface area contributed by atoms with Gasteiger partial charge in [0.05, 0.1) is 11.6 Å². The van der Waals surface area contributed by atoms with Crippen LogP contribution in [0.5, 0.6) is 0 Å². The van der Waals surface area contributed by atoms with Crippen molar-refractivity contribution in [1.82, 2.24) is 9.88 Å². The summed E-state index contributed by atoms with van der Waals surface area (Å²) in [4.78, 5) is 6.81. The van der Waals surface area contributed by atoms with Crippen LogP contribution in [0.4, 0.5) is 0 Å². The summed E-state index contributed by atoms with van der Waals surface area (Å²) in [7, 11) is 0. The molecule has 0 spiro atoms. The molecule has 0 amide bonds. The molecular weight excluding hydrogens is 248 g/mol. The van der Waals surface area contributed by atoms with Crippen molar-refractivity contribution in [3.05, 3.63) is 41.6 Å². The number of fused-ring (bicyclic) bond motifs is 1. The molecule has 1 aromatic heterocycles. The quantitative estimate of drug-likeness (QED) is 0.908. The van der Waals surface area contributed by atoms with E-state index in [0.29, 0.717) is 12.6 Å². The van der Waals surface area contributed by atoms with Crippen LogP contribution in [0.25, 0.3) is 10.9 Å². The molecule has 0 bridgehead atoms. The highest BCUT2D eigenvalue weighted by Gasteiger charge is 2.12. The molecule has 0 aliphatic rings. The number of aromatic nitrogens is 1. The standard InChI is InChI=1S/C17H24N2O/c1-12(2)19(10-14(4)20)11-15-6-8-17-16(9-15)7-5-13(3)18-17/h5-9,12,14,20H,10-11H2,1-4H3/t14-/m1/s1. The summed E-state index contributed by atoms with van der Waals surface area (Å²) in [5.74, 6) is 0. The first kappa shape index (κ1) is 14.9. The number of hydrogen-bond donors (Lipinski definition) is 1. The summed E-state index contributed by atoms with van der Waals surface area (Å²) >= 11 is 0. The van der Waals surface area contributed by atoms with E-state index >= 15 is 0 Å². The molecule has 3 nitrogen and oxygen atoms in total. The molecule has 1 aromatic carbocycles. The fourth-order valence-electron chi connectivity index (χ4n) is 2.41. The summed E-state index contributed by atoms with van der Waals surface area (Å²) < 4.78 is 0. The van der Waals surface area contributed by atoms with E-state index in [2.05, 4.69) is 48.0 Å². The molecule has 0 unspecified atom stereocenters. The van der Waals surface area contributed by atoms with Crippen LogP contribution in [-0.2, 0) is 6.54 Å². The predicted octanol–water partition coefficient (Wildman–Crippen LogP) is 3.13. The third-order valence-corrected chi connectivity index (χ3v) is 3.51. The Kier molecular flexibility index (Phi) is 4.73. The van der Waals surface area contributed by atoms with Gasteiger partial charge in [-0.3, -0.25) is 9.88 Å². The smallest absolute Gasteiger partial charge is 0.0705 e. The first-order chi connectivity index (χ1) is 9.45. The Balaban J connectivity index is 2.21. The van der Waals surface area contributed by atoms with Gasteiger partial charge in [-0.2, -0.15) is 0 Å². The second kappa shape index (κ2) is 6.33. The largest absolute Gasteiger partial charge is 0.392 e. The molecule has 20 heavy (non-hydrogen) atoms. The highest BCUT2D eigenvalue weighted by Crippen LogP contribution is 2.17. The lowest BCUT2D eigenvalue weighted by molar-refractivity contribution is 0.103. The van der Waals surface area contributed by atoms with Gasteiger partial charge in [0, 0.05) is 30.2 Å². The minimum atomic E-state index is -0.304. The van der Waals surface area contributed by atoms with Crippen LogP contribution < -0.4 is 0 Å². The lowest BCUT2D eigenvalue weighted by atomic mass is 10.1. The van der Waals surface area contributed by atoms with Crippen molar-refractivity contribution in [3.8, 4) is 0 Å². The lowest BCUT2D eigenvalue weighted by Crippen LogP contribution is -2.36. The number of hydrogen-bond acceptors (Lipinski definition) is 3. The lowest BCUT2D eigenvalue weighted by Gasteiger charge is -2.27. The van der Waals surface area contributed by atoms with Crippen LogP contribution in [-0.4, -0.2) is 33.7 Å². The molecule has 0 saturated carbocycles. The van der Waals surface area contributed by atoms with Gasteiger partial charge in [0.15, 0.2) is 0 Å². The number of benzene rings is 1. The number of aliphatic hydroxyl groups is 1. The van der Waals surface area contributed by atoms with Crippen molar-refractivity contribution < 1.29 is 5.11 Å². The Bertz CT molecular complexity index is 578. The van der Waals surface area contributed by atoms with Gasteiger partial charge < -0.3 is 5.11 Å². The zero-order valence-electron chi connectivity index (χ0n) is 12.8. The number of pyridine rings is 1. The van der Waals surface area contributed by atoms with Gasteiger partial charge in [-0.25, -0.2) is 0 Å². The maximum Gasteiger partial charge on any atom is 0.0705 e. The second-order valence-electron chi connectivity index (χ2n) is 5.85. The van der Waals surface area contributed by atoms with E-state index in [4.69, 9.17) is 0 Å². The Morgan fingerprint density at radius 2 is 1.90 bits per heavy atom. The SMILES string of the molecule is Cc1ccc2cc(CN(C[C@@H](C)O)C(C)C)ccc2n1.